The number of hydrogen-bond acceptors (Lipinski definition) is 3. The van der Waals surface area contributed by atoms with E-state index < -0.39 is 11.6 Å². The molecule has 0 atom stereocenters. The molecular formula is C12H16ClF2NO2. The van der Waals surface area contributed by atoms with E-state index in [-0.39, 0.29) is 10.7 Å². The average molecular weight is 280 g/mol. The lowest BCUT2D eigenvalue weighted by Crippen LogP contribution is -2.12. The number of ether oxygens (including phenoxy) is 2. The molecule has 102 valence electrons. The second-order valence-corrected chi connectivity index (χ2v) is 4.04. The monoisotopic (exact) mass is 279 g/mol. The first-order valence-electron chi connectivity index (χ1n) is 5.60. The summed E-state index contributed by atoms with van der Waals surface area (Å²) in [5.41, 5.74) is 0.0959. The lowest BCUT2D eigenvalue weighted by atomic mass is 10.3. The number of halogens is 3. The van der Waals surface area contributed by atoms with Crippen LogP contribution in [-0.2, 0) is 9.47 Å². The van der Waals surface area contributed by atoms with Crippen LogP contribution in [0.25, 0.3) is 0 Å². The molecule has 0 amide bonds. The standard InChI is InChI=1S/C12H16ClF2NO2/c1-17-4-2-5-18-6-3-16-12-10(13)7-9(14)8-11(12)15/h7-8,16H,2-6H2,1H3. The van der Waals surface area contributed by atoms with Crippen molar-refractivity contribution in [2.24, 2.45) is 0 Å². The van der Waals surface area contributed by atoms with Crippen molar-refractivity contribution < 1.29 is 18.3 Å². The molecule has 0 aromatic heterocycles. The Morgan fingerprint density at radius 2 is 2.00 bits per heavy atom. The Hall–Kier alpha value is -0.910. The maximum Gasteiger partial charge on any atom is 0.150 e. The van der Waals surface area contributed by atoms with Crippen molar-refractivity contribution in [3.63, 3.8) is 0 Å². The van der Waals surface area contributed by atoms with Gasteiger partial charge in [0, 0.05) is 32.9 Å². The first kappa shape index (κ1) is 15.1. The molecule has 0 aliphatic rings. The van der Waals surface area contributed by atoms with E-state index >= 15 is 0 Å². The fraction of sp³-hybridized carbons (Fsp3) is 0.500. The third-order valence-electron chi connectivity index (χ3n) is 2.19. The smallest absolute Gasteiger partial charge is 0.150 e. The first-order valence-corrected chi connectivity index (χ1v) is 5.98. The molecule has 3 nitrogen and oxygen atoms in total. The van der Waals surface area contributed by atoms with Gasteiger partial charge in [-0.2, -0.15) is 0 Å². The predicted octanol–water partition coefficient (Wildman–Crippen LogP) is 3.08. The maximum atomic E-state index is 13.3. The summed E-state index contributed by atoms with van der Waals surface area (Å²) < 4.78 is 36.3. The third kappa shape index (κ3) is 5.16. The van der Waals surface area contributed by atoms with Gasteiger partial charge < -0.3 is 14.8 Å². The molecule has 18 heavy (non-hydrogen) atoms. The van der Waals surface area contributed by atoms with Gasteiger partial charge >= 0.3 is 0 Å². The van der Waals surface area contributed by atoms with E-state index in [0.29, 0.717) is 26.4 Å². The van der Waals surface area contributed by atoms with Crippen molar-refractivity contribution >= 4 is 17.3 Å². The summed E-state index contributed by atoms with van der Waals surface area (Å²) >= 11 is 5.72. The molecule has 0 unspecified atom stereocenters. The molecule has 1 aromatic rings. The zero-order valence-electron chi connectivity index (χ0n) is 10.1. The minimum absolute atomic E-state index is 0.0203. The number of rotatable bonds is 8. The summed E-state index contributed by atoms with van der Waals surface area (Å²) in [7, 11) is 1.63. The van der Waals surface area contributed by atoms with Gasteiger partial charge in [0.2, 0.25) is 0 Å². The lowest BCUT2D eigenvalue weighted by molar-refractivity contribution is 0.109. The second-order valence-electron chi connectivity index (χ2n) is 3.63. The van der Waals surface area contributed by atoms with Crippen molar-refractivity contribution in [2.45, 2.75) is 6.42 Å². The lowest BCUT2D eigenvalue weighted by Gasteiger charge is -2.10. The fourth-order valence-corrected chi connectivity index (χ4v) is 1.63. The normalized spacial score (nSPS) is 10.7. The van der Waals surface area contributed by atoms with Gasteiger partial charge in [-0.15, -0.1) is 0 Å². The SMILES string of the molecule is COCCCOCCNc1c(F)cc(F)cc1Cl. The number of nitrogens with one attached hydrogen (secondary N) is 1. The summed E-state index contributed by atoms with van der Waals surface area (Å²) in [4.78, 5) is 0. The second kappa shape index (κ2) is 8.24. The zero-order chi connectivity index (χ0) is 13.4. The Morgan fingerprint density at radius 1 is 1.22 bits per heavy atom. The quantitative estimate of drug-likeness (QED) is 0.742. The highest BCUT2D eigenvalue weighted by atomic mass is 35.5. The summed E-state index contributed by atoms with van der Waals surface area (Å²) in [5, 5.41) is 2.79. The van der Waals surface area contributed by atoms with Crippen molar-refractivity contribution in [3.8, 4) is 0 Å². The van der Waals surface area contributed by atoms with Crippen LogP contribution >= 0.6 is 11.6 Å². The van der Waals surface area contributed by atoms with Gasteiger partial charge in [0.05, 0.1) is 17.3 Å². The number of methoxy groups -OCH3 is 1. The molecule has 1 N–H and O–H groups in total. The Bertz CT molecular complexity index is 354. The highest BCUT2D eigenvalue weighted by Crippen LogP contribution is 2.25. The molecule has 0 fully saturated rings. The number of hydrogen-bond donors (Lipinski definition) is 1. The number of anilines is 1. The van der Waals surface area contributed by atoms with Crippen LogP contribution in [0.2, 0.25) is 5.02 Å². The van der Waals surface area contributed by atoms with Crippen LogP contribution in [0.1, 0.15) is 6.42 Å². The van der Waals surface area contributed by atoms with E-state index in [4.69, 9.17) is 21.1 Å². The Labute approximate surface area is 110 Å². The molecule has 0 aliphatic carbocycles. The van der Waals surface area contributed by atoms with Gasteiger partial charge in [0.25, 0.3) is 0 Å². The summed E-state index contributed by atoms with van der Waals surface area (Å²) in [6, 6.07) is 1.85. The Balaban J connectivity index is 2.27. The molecule has 0 spiro atoms. The summed E-state index contributed by atoms with van der Waals surface area (Å²) in [5.74, 6) is -1.40. The van der Waals surface area contributed by atoms with E-state index in [2.05, 4.69) is 5.32 Å². The Morgan fingerprint density at radius 3 is 2.67 bits per heavy atom. The third-order valence-corrected chi connectivity index (χ3v) is 2.49. The van der Waals surface area contributed by atoms with Gasteiger partial charge in [0.1, 0.15) is 5.82 Å². The van der Waals surface area contributed by atoms with Crippen LogP contribution in [0.3, 0.4) is 0 Å². The summed E-state index contributed by atoms with van der Waals surface area (Å²) in [6.07, 6.45) is 0.808. The summed E-state index contributed by atoms with van der Waals surface area (Å²) in [6.45, 7) is 2.03. The molecule has 0 aliphatic heterocycles. The average Bonchev–Trinajstić information content (AvgIpc) is 2.30. The van der Waals surface area contributed by atoms with Crippen molar-refractivity contribution in [1.82, 2.24) is 0 Å². The molecule has 1 aromatic carbocycles. The van der Waals surface area contributed by atoms with E-state index in [1.807, 2.05) is 0 Å². The molecule has 0 bridgehead atoms. The van der Waals surface area contributed by atoms with E-state index in [9.17, 15) is 8.78 Å². The van der Waals surface area contributed by atoms with Crippen LogP contribution < -0.4 is 5.32 Å². The van der Waals surface area contributed by atoms with E-state index in [1.54, 1.807) is 7.11 Å². The van der Waals surface area contributed by atoms with Crippen LogP contribution in [0.4, 0.5) is 14.5 Å². The highest BCUT2D eigenvalue weighted by Gasteiger charge is 2.08. The van der Waals surface area contributed by atoms with Gasteiger partial charge in [0.15, 0.2) is 5.82 Å². The molecule has 0 saturated heterocycles. The topological polar surface area (TPSA) is 30.5 Å². The predicted molar refractivity (Wildman–Crippen MR) is 67.2 cm³/mol. The zero-order valence-corrected chi connectivity index (χ0v) is 10.9. The molecule has 6 heteroatoms. The maximum absolute atomic E-state index is 13.3. The molecule has 1 rings (SSSR count). The minimum atomic E-state index is -0.709. The molecular weight excluding hydrogens is 264 g/mol. The van der Waals surface area contributed by atoms with Crippen molar-refractivity contribution in [1.29, 1.82) is 0 Å². The van der Waals surface area contributed by atoms with Crippen LogP contribution in [0, 0.1) is 11.6 Å². The van der Waals surface area contributed by atoms with E-state index in [0.717, 1.165) is 18.6 Å². The van der Waals surface area contributed by atoms with Crippen LogP contribution in [0.5, 0.6) is 0 Å². The fourth-order valence-electron chi connectivity index (χ4n) is 1.37. The van der Waals surface area contributed by atoms with Crippen molar-refractivity contribution in [2.75, 3.05) is 38.8 Å². The molecule has 0 radical (unpaired) electrons. The largest absolute Gasteiger partial charge is 0.385 e. The van der Waals surface area contributed by atoms with Crippen LogP contribution in [-0.4, -0.2) is 33.5 Å². The minimum Gasteiger partial charge on any atom is -0.385 e. The van der Waals surface area contributed by atoms with Gasteiger partial charge in [-0.3, -0.25) is 0 Å². The highest BCUT2D eigenvalue weighted by molar-refractivity contribution is 6.33. The number of benzene rings is 1. The molecule has 0 saturated carbocycles. The van der Waals surface area contributed by atoms with Gasteiger partial charge in [-0.25, -0.2) is 8.78 Å². The van der Waals surface area contributed by atoms with Crippen molar-refractivity contribution in [3.05, 3.63) is 28.8 Å². The van der Waals surface area contributed by atoms with Crippen LogP contribution in [0.15, 0.2) is 12.1 Å². The molecule has 0 heterocycles. The van der Waals surface area contributed by atoms with E-state index in [1.165, 1.54) is 0 Å². The Kier molecular flexibility index (Phi) is 6.93. The van der Waals surface area contributed by atoms with Gasteiger partial charge in [-0.05, 0) is 12.5 Å². The van der Waals surface area contributed by atoms with Gasteiger partial charge in [-0.1, -0.05) is 11.6 Å². The first-order chi connectivity index (χ1) is 8.65.